The second-order valence-corrected chi connectivity index (χ2v) is 3.72. The summed E-state index contributed by atoms with van der Waals surface area (Å²) in [5, 5.41) is 2.37. The molecule has 1 aliphatic heterocycles. The molecule has 0 unspecified atom stereocenters. The maximum absolute atomic E-state index is 11.2. The number of nitrogens with one attached hydrogen (secondary N) is 1. The number of benzene rings is 1. The van der Waals surface area contributed by atoms with Crippen LogP contribution in [0.3, 0.4) is 0 Å². The summed E-state index contributed by atoms with van der Waals surface area (Å²) in [6, 6.07) is 5.16. The van der Waals surface area contributed by atoms with Crippen molar-refractivity contribution in [3.63, 3.8) is 0 Å². The minimum absolute atomic E-state index is 0.0290. The maximum atomic E-state index is 11.2. The van der Waals surface area contributed by atoms with Gasteiger partial charge in [0.25, 0.3) is 5.91 Å². The smallest absolute Gasteiger partial charge is 0.265 e. The van der Waals surface area contributed by atoms with Crippen LogP contribution in [-0.4, -0.2) is 18.6 Å². The molecule has 1 aliphatic rings. The zero-order valence-corrected chi connectivity index (χ0v) is 9.73. The first-order valence-electron chi connectivity index (χ1n) is 5.25. The minimum atomic E-state index is -0.706. The molecule has 2 rings (SSSR count). The lowest BCUT2D eigenvalue weighted by Crippen LogP contribution is -2.29. The summed E-state index contributed by atoms with van der Waals surface area (Å²) in [6.45, 7) is 1.48. The Hall–Kier alpha value is -2.50. The lowest BCUT2D eigenvalue weighted by Gasteiger charge is -2.04. The van der Waals surface area contributed by atoms with Crippen LogP contribution in [0.15, 0.2) is 23.9 Å². The van der Waals surface area contributed by atoms with E-state index in [1.54, 1.807) is 18.2 Å². The number of hydrogen-bond donors (Lipinski definition) is 2. The molecule has 0 saturated heterocycles. The molecule has 18 heavy (non-hydrogen) atoms. The zero-order chi connectivity index (χ0) is 13.1. The molecule has 6 heteroatoms. The second-order valence-electron chi connectivity index (χ2n) is 3.72. The Balaban J connectivity index is 2.29. The van der Waals surface area contributed by atoms with Crippen molar-refractivity contribution in [3.8, 4) is 11.5 Å². The van der Waals surface area contributed by atoms with Gasteiger partial charge < -0.3 is 20.5 Å². The van der Waals surface area contributed by atoms with Crippen molar-refractivity contribution in [2.75, 3.05) is 6.79 Å². The Morgan fingerprint density at radius 1 is 1.33 bits per heavy atom. The Labute approximate surface area is 103 Å². The molecule has 0 aromatic heterocycles. The van der Waals surface area contributed by atoms with Gasteiger partial charge >= 0.3 is 0 Å². The predicted octanol–water partition coefficient (Wildman–Crippen LogP) is 0.378. The third kappa shape index (κ3) is 2.60. The van der Waals surface area contributed by atoms with Crippen LogP contribution in [0, 0.1) is 0 Å². The van der Waals surface area contributed by atoms with E-state index in [0.717, 1.165) is 0 Å². The number of hydrogen-bond acceptors (Lipinski definition) is 4. The van der Waals surface area contributed by atoms with Gasteiger partial charge in [-0.15, -0.1) is 0 Å². The Morgan fingerprint density at radius 3 is 2.72 bits per heavy atom. The molecule has 0 saturated carbocycles. The van der Waals surface area contributed by atoms with Crippen LogP contribution >= 0.6 is 0 Å². The first-order valence-corrected chi connectivity index (χ1v) is 5.25. The largest absolute Gasteiger partial charge is 0.454 e. The summed E-state index contributed by atoms with van der Waals surface area (Å²) >= 11 is 0. The van der Waals surface area contributed by atoms with Gasteiger partial charge in [-0.25, -0.2) is 0 Å². The third-order valence-electron chi connectivity index (χ3n) is 2.28. The monoisotopic (exact) mass is 248 g/mol. The summed E-state index contributed by atoms with van der Waals surface area (Å²) in [6.07, 6.45) is 1.48. The first kappa shape index (κ1) is 12.0. The topological polar surface area (TPSA) is 90.7 Å². The van der Waals surface area contributed by atoms with Crippen LogP contribution in [-0.2, 0) is 9.59 Å². The Morgan fingerprint density at radius 2 is 2.06 bits per heavy atom. The number of fused-ring (bicyclic) bond motifs is 1. The number of ether oxygens (including phenoxy) is 2. The Kier molecular flexibility index (Phi) is 3.18. The number of primary amides is 1. The normalized spacial score (nSPS) is 13.3. The van der Waals surface area contributed by atoms with Crippen molar-refractivity contribution >= 4 is 17.9 Å². The van der Waals surface area contributed by atoms with E-state index in [4.69, 9.17) is 15.2 Å². The van der Waals surface area contributed by atoms with Crippen molar-refractivity contribution in [2.24, 2.45) is 5.73 Å². The molecule has 0 spiro atoms. The molecule has 3 N–H and O–H groups in total. The second kappa shape index (κ2) is 4.79. The van der Waals surface area contributed by atoms with E-state index in [1.165, 1.54) is 13.0 Å². The van der Waals surface area contributed by atoms with Crippen LogP contribution in [0.5, 0.6) is 11.5 Å². The van der Waals surface area contributed by atoms with Crippen molar-refractivity contribution in [1.29, 1.82) is 0 Å². The number of carbonyl (C=O) groups is 2. The van der Waals surface area contributed by atoms with Crippen molar-refractivity contribution in [3.05, 3.63) is 29.5 Å². The molecular formula is C12H12N2O4. The predicted molar refractivity (Wildman–Crippen MR) is 63.6 cm³/mol. The summed E-state index contributed by atoms with van der Waals surface area (Å²) in [7, 11) is 0. The molecular weight excluding hydrogens is 236 g/mol. The molecule has 0 fully saturated rings. The molecule has 0 aliphatic carbocycles. The first-order chi connectivity index (χ1) is 8.56. The quantitative estimate of drug-likeness (QED) is 0.756. The highest BCUT2D eigenvalue weighted by Crippen LogP contribution is 2.32. The lowest BCUT2D eigenvalue weighted by molar-refractivity contribution is -0.121. The number of rotatable bonds is 3. The highest BCUT2D eigenvalue weighted by molar-refractivity contribution is 5.99. The van der Waals surface area contributed by atoms with Gasteiger partial charge in [-0.3, -0.25) is 9.59 Å². The molecule has 94 valence electrons. The SMILES string of the molecule is CC(=O)N/C(=C/c1ccc2c(c1)OCO2)C(N)=O. The van der Waals surface area contributed by atoms with E-state index < -0.39 is 5.91 Å². The van der Waals surface area contributed by atoms with Gasteiger partial charge in [-0.05, 0) is 23.8 Å². The van der Waals surface area contributed by atoms with Gasteiger partial charge in [-0.1, -0.05) is 6.07 Å². The van der Waals surface area contributed by atoms with Gasteiger partial charge in [-0.2, -0.15) is 0 Å². The van der Waals surface area contributed by atoms with Crippen molar-refractivity contribution < 1.29 is 19.1 Å². The van der Waals surface area contributed by atoms with Gasteiger partial charge in [0.15, 0.2) is 11.5 Å². The van der Waals surface area contributed by atoms with Gasteiger partial charge in [0.05, 0.1) is 0 Å². The van der Waals surface area contributed by atoms with E-state index in [-0.39, 0.29) is 18.4 Å². The number of nitrogens with two attached hydrogens (primary N) is 1. The summed E-state index contributed by atoms with van der Waals surface area (Å²) in [5.74, 6) is 0.173. The molecule has 6 nitrogen and oxygen atoms in total. The standard InChI is InChI=1S/C12H12N2O4/c1-7(15)14-9(12(13)16)4-8-2-3-10-11(5-8)18-6-17-10/h2-5H,6H2,1H3,(H2,13,16)(H,14,15)/b9-4+. The van der Waals surface area contributed by atoms with Crippen LogP contribution < -0.4 is 20.5 Å². The molecule has 1 aromatic carbocycles. The van der Waals surface area contributed by atoms with Crippen LogP contribution in [0.2, 0.25) is 0 Å². The van der Waals surface area contributed by atoms with Gasteiger partial charge in [0, 0.05) is 6.92 Å². The minimum Gasteiger partial charge on any atom is -0.454 e. The average Bonchev–Trinajstić information content (AvgIpc) is 2.74. The number of amides is 2. The molecule has 2 amide bonds. The van der Waals surface area contributed by atoms with Crippen LogP contribution in [0.1, 0.15) is 12.5 Å². The van der Waals surface area contributed by atoms with Crippen LogP contribution in [0.25, 0.3) is 6.08 Å². The fraction of sp³-hybridized carbons (Fsp3) is 0.167. The molecule has 0 atom stereocenters. The van der Waals surface area contributed by atoms with E-state index in [1.807, 2.05) is 0 Å². The van der Waals surface area contributed by atoms with Crippen molar-refractivity contribution in [1.82, 2.24) is 5.32 Å². The third-order valence-corrected chi connectivity index (χ3v) is 2.28. The molecule has 0 radical (unpaired) electrons. The zero-order valence-electron chi connectivity index (χ0n) is 9.73. The van der Waals surface area contributed by atoms with Crippen LogP contribution in [0.4, 0.5) is 0 Å². The molecule has 0 bridgehead atoms. The van der Waals surface area contributed by atoms with E-state index in [2.05, 4.69) is 5.32 Å². The lowest BCUT2D eigenvalue weighted by atomic mass is 10.1. The molecule has 1 aromatic rings. The van der Waals surface area contributed by atoms with Gasteiger partial charge in [0.2, 0.25) is 12.7 Å². The maximum Gasteiger partial charge on any atom is 0.265 e. The van der Waals surface area contributed by atoms with E-state index >= 15 is 0 Å². The van der Waals surface area contributed by atoms with E-state index in [0.29, 0.717) is 17.1 Å². The fourth-order valence-electron chi connectivity index (χ4n) is 1.53. The highest BCUT2D eigenvalue weighted by atomic mass is 16.7. The molecule has 1 heterocycles. The fourth-order valence-corrected chi connectivity index (χ4v) is 1.53. The van der Waals surface area contributed by atoms with E-state index in [9.17, 15) is 9.59 Å². The Bertz CT molecular complexity index is 537. The summed E-state index contributed by atoms with van der Waals surface area (Å²) < 4.78 is 10.4. The summed E-state index contributed by atoms with van der Waals surface area (Å²) in [4.78, 5) is 22.1. The summed E-state index contributed by atoms with van der Waals surface area (Å²) in [5.41, 5.74) is 5.88. The van der Waals surface area contributed by atoms with Gasteiger partial charge in [0.1, 0.15) is 5.70 Å². The number of carbonyl (C=O) groups excluding carboxylic acids is 2. The van der Waals surface area contributed by atoms with Crippen molar-refractivity contribution in [2.45, 2.75) is 6.92 Å². The average molecular weight is 248 g/mol. The highest BCUT2D eigenvalue weighted by Gasteiger charge is 2.13.